The molecule has 0 aliphatic heterocycles. The fraction of sp³-hybridized carbons (Fsp3) is 0.964. The standard InChI is InChI=1S/C28H54O2/c1-3-4-5-6-7-8-9-10-11-12-13-14-15-16-17-18-22-25-28(29)30-26(2)27-23-20-19-21-24-27/h26-27H,3-25H2,1-2H3. The fourth-order valence-corrected chi connectivity index (χ4v) is 4.96. The first kappa shape index (κ1) is 27.5. The van der Waals surface area contributed by atoms with Crippen molar-refractivity contribution in [2.75, 3.05) is 0 Å². The van der Waals surface area contributed by atoms with E-state index in [1.54, 1.807) is 0 Å². The van der Waals surface area contributed by atoms with E-state index in [-0.39, 0.29) is 12.1 Å². The lowest BCUT2D eigenvalue weighted by Crippen LogP contribution is -2.25. The second-order valence-electron chi connectivity index (χ2n) is 10.00. The zero-order chi connectivity index (χ0) is 21.7. The number of hydrogen-bond donors (Lipinski definition) is 0. The molecule has 0 amide bonds. The van der Waals surface area contributed by atoms with Crippen molar-refractivity contribution in [1.29, 1.82) is 0 Å². The van der Waals surface area contributed by atoms with E-state index >= 15 is 0 Å². The first-order valence-electron chi connectivity index (χ1n) is 13.9. The van der Waals surface area contributed by atoms with Gasteiger partial charge in [0.25, 0.3) is 0 Å². The number of esters is 1. The number of carbonyl (C=O) groups is 1. The Bertz CT molecular complexity index is 373. The molecule has 2 nitrogen and oxygen atoms in total. The van der Waals surface area contributed by atoms with Crippen molar-refractivity contribution in [3.8, 4) is 0 Å². The van der Waals surface area contributed by atoms with E-state index < -0.39 is 0 Å². The second kappa shape index (κ2) is 20.4. The predicted octanol–water partition coefficient (Wildman–Crippen LogP) is 9.54. The molecule has 1 unspecified atom stereocenters. The smallest absolute Gasteiger partial charge is 0.306 e. The van der Waals surface area contributed by atoms with Crippen molar-refractivity contribution in [2.24, 2.45) is 5.92 Å². The number of unbranched alkanes of at least 4 members (excludes halogenated alkanes) is 16. The topological polar surface area (TPSA) is 26.3 Å². The summed E-state index contributed by atoms with van der Waals surface area (Å²) in [6.07, 6.45) is 30.6. The van der Waals surface area contributed by atoms with Gasteiger partial charge in [-0.15, -0.1) is 0 Å². The van der Waals surface area contributed by atoms with Crippen LogP contribution < -0.4 is 0 Å². The van der Waals surface area contributed by atoms with Gasteiger partial charge in [-0.25, -0.2) is 0 Å². The fourth-order valence-electron chi connectivity index (χ4n) is 4.96. The van der Waals surface area contributed by atoms with Crippen molar-refractivity contribution in [1.82, 2.24) is 0 Å². The van der Waals surface area contributed by atoms with Crippen LogP contribution in [0.15, 0.2) is 0 Å². The maximum absolute atomic E-state index is 12.0. The molecule has 178 valence electrons. The minimum atomic E-state index is 0.0361. The van der Waals surface area contributed by atoms with Gasteiger partial charge in [0.2, 0.25) is 0 Å². The van der Waals surface area contributed by atoms with Crippen molar-refractivity contribution >= 4 is 5.97 Å². The largest absolute Gasteiger partial charge is 0.462 e. The summed E-state index contributed by atoms with van der Waals surface area (Å²) in [6, 6.07) is 0. The predicted molar refractivity (Wildman–Crippen MR) is 131 cm³/mol. The Labute approximate surface area is 189 Å². The monoisotopic (exact) mass is 422 g/mol. The number of carbonyl (C=O) groups excluding carboxylic acids is 1. The zero-order valence-corrected chi connectivity index (χ0v) is 20.7. The molecule has 0 aromatic heterocycles. The van der Waals surface area contributed by atoms with Gasteiger partial charge in [0.1, 0.15) is 6.10 Å². The lowest BCUT2D eigenvalue weighted by Gasteiger charge is -2.27. The molecule has 0 spiro atoms. The molecule has 1 fully saturated rings. The average Bonchev–Trinajstić information content (AvgIpc) is 2.76. The first-order chi connectivity index (χ1) is 14.7. The molecular weight excluding hydrogens is 368 g/mol. The van der Waals surface area contributed by atoms with E-state index in [4.69, 9.17) is 4.74 Å². The highest BCUT2D eigenvalue weighted by atomic mass is 16.5. The van der Waals surface area contributed by atoms with Gasteiger partial charge in [-0.3, -0.25) is 4.79 Å². The molecule has 1 aliphatic rings. The summed E-state index contributed by atoms with van der Waals surface area (Å²) < 4.78 is 5.68. The summed E-state index contributed by atoms with van der Waals surface area (Å²) in [7, 11) is 0. The van der Waals surface area contributed by atoms with Gasteiger partial charge in [0.05, 0.1) is 0 Å². The third kappa shape index (κ3) is 16.2. The third-order valence-electron chi connectivity index (χ3n) is 7.12. The van der Waals surface area contributed by atoms with Crippen LogP contribution in [-0.2, 0) is 9.53 Å². The highest BCUT2D eigenvalue weighted by Crippen LogP contribution is 2.28. The molecule has 0 saturated heterocycles. The summed E-state index contributed by atoms with van der Waals surface area (Å²) in [5.41, 5.74) is 0. The van der Waals surface area contributed by atoms with E-state index in [0.717, 1.165) is 6.42 Å². The molecule has 0 N–H and O–H groups in total. The van der Waals surface area contributed by atoms with Crippen molar-refractivity contribution in [3.63, 3.8) is 0 Å². The molecule has 0 aromatic carbocycles. The summed E-state index contributed by atoms with van der Waals surface area (Å²) >= 11 is 0. The van der Waals surface area contributed by atoms with Crippen LogP contribution in [0.4, 0.5) is 0 Å². The first-order valence-corrected chi connectivity index (χ1v) is 13.9. The molecule has 1 aliphatic carbocycles. The highest BCUT2D eigenvalue weighted by Gasteiger charge is 2.22. The van der Waals surface area contributed by atoms with Crippen molar-refractivity contribution < 1.29 is 9.53 Å². The van der Waals surface area contributed by atoms with E-state index in [1.165, 1.54) is 135 Å². The average molecular weight is 423 g/mol. The molecule has 30 heavy (non-hydrogen) atoms. The quantitative estimate of drug-likeness (QED) is 0.144. The SMILES string of the molecule is CCCCCCCCCCCCCCCCCCCC(=O)OC(C)C1CCCCC1. The summed E-state index contributed by atoms with van der Waals surface area (Å²) in [6.45, 7) is 4.39. The maximum atomic E-state index is 12.0. The molecule has 0 bridgehead atoms. The summed E-state index contributed by atoms with van der Waals surface area (Å²) in [4.78, 5) is 12.0. The van der Waals surface area contributed by atoms with E-state index in [1.807, 2.05) is 0 Å². The Hall–Kier alpha value is -0.530. The molecule has 0 heterocycles. The van der Waals surface area contributed by atoms with Crippen LogP contribution in [-0.4, -0.2) is 12.1 Å². The lowest BCUT2D eigenvalue weighted by molar-refractivity contribution is -0.151. The Morgan fingerprint density at radius 1 is 0.667 bits per heavy atom. The third-order valence-corrected chi connectivity index (χ3v) is 7.12. The Balaban J connectivity index is 1.76. The molecule has 1 saturated carbocycles. The molecule has 0 radical (unpaired) electrons. The van der Waals surface area contributed by atoms with Crippen molar-refractivity contribution in [3.05, 3.63) is 0 Å². The number of ether oxygens (including phenoxy) is 1. The molecule has 1 atom stereocenters. The summed E-state index contributed by atoms with van der Waals surface area (Å²) in [5.74, 6) is 0.646. The van der Waals surface area contributed by atoms with E-state index in [9.17, 15) is 4.79 Å². The second-order valence-corrected chi connectivity index (χ2v) is 10.00. The van der Waals surface area contributed by atoms with Crippen LogP contribution in [0, 0.1) is 5.92 Å². The van der Waals surface area contributed by atoms with Gasteiger partial charge in [-0.1, -0.05) is 129 Å². The van der Waals surface area contributed by atoms with Crippen molar-refractivity contribution in [2.45, 2.75) is 168 Å². The van der Waals surface area contributed by atoms with Gasteiger partial charge in [0, 0.05) is 6.42 Å². The van der Waals surface area contributed by atoms with Gasteiger partial charge in [-0.2, -0.15) is 0 Å². The minimum Gasteiger partial charge on any atom is -0.462 e. The van der Waals surface area contributed by atoms with Gasteiger partial charge in [-0.05, 0) is 32.1 Å². The van der Waals surface area contributed by atoms with Gasteiger partial charge in [0.15, 0.2) is 0 Å². The van der Waals surface area contributed by atoms with E-state index in [0.29, 0.717) is 12.3 Å². The van der Waals surface area contributed by atoms with Crippen LogP contribution in [0.25, 0.3) is 0 Å². The van der Waals surface area contributed by atoms with Gasteiger partial charge < -0.3 is 4.74 Å². The summed E-state index contributed by atoms with van der Waals surface area (Å²) in [5, 5.41) is 0. The van der Waals surface area contributed by atoms with Crippen LogP contribution in [0.5, 0.6) is 0 Å². The maximum Gasteiger partial charge on any atom is 0.306 e. The Morgan fingerprint density at radius 2 is 1.07 bits per heavy atom. The minimum absolute atomic E-state index is 0.0361. The van der Waals surface area contributed by atoms with Crippen LogP contribution in [0.3, 0.4) is 0 Å². The lowest BCUT2D eigenvalue weighted by atomic mass is 9.86. The Morgan fingerprint density at radius 3 is 1.50 bits per heavy atom. The Kier molecular flexibility index (Phi) is 18.7. The highest BCUT2D eigenvalue weighted by molar-refractivity contribution is 5.69. The number of hydrogen-bond acceptors (Lipinski definition) is 2. The van der Waals surface area contributed by atoms with E-state index in [2.05, 4.69) is 13.8 Å². The molecular formula is C28H54O2. The zero-order valence-electron chi connectivity index (χ0n) is 20.7. The van der Waals surface area contributed by atoms with Crippen LogP contribution in [0.1, 0.15) is 162 Å². The molecule has 1 rings (SSSR count). The van der Waals surface area contributed by atoms with Crippen LogP contribution in [0.2, 0.25) is 0 Å². The normalized spacial score (nSPS) is 15.9. The van der Waals surface area contributed by atoms with Crippen LogP contribution >= 0.6 is 0 Å². The molecule has 0 aromatic rings. The number of rotatable bonds is 20. The molecule has 2 heteroatoms. The van der Waals surface area contributed by atoms with Gasteiger partial charge >= 0.3 is 5.97 Å².